The van der Waals surface area contributed by atoms with E-state index in [-0.39, 0.29) is 0 Å². The maximum atomic E-state index is 2.23. The molecular weight excluding hydrogens is 244 g/mol. The number of benzene rings is 2. The molecular formula is C18H20Si. The van der Waals surface area contributed by atoms with E-state index in [1.807, 2.05) is 0 Å². The molecule has 2 radical (unpaired) electrons. The van der Waals surface area contributed by atoms with Crippen molar-refractivity contribution in [1.82, 2.24) is 0 Å². The van der Waals surface area contributed by atoms with Crippen LogP contribution in [0.5, 0.6) is 0 Å². The summed E-state index contributed by atoms with van der Waals surface area (Å²) < 4.78 is 0. The molecule has 1 aliphatic heterocycles. The summed E-state index contributed by atoms with van der Waals surface area (Å²) in [5.41, 5.74) is 2.81. The standard InChI is InChI=1S/C13H10.C5H10Si/c1-4-10-6-2-8-12-9-3-7-11(5-1)13(10)12;1-2-4-6-5-3-1/h1-8H,9H2;1-5H2. The molecule has 0 atom stereocenters. The number of hydrogen-bond acceptors (Lipinski definition) is 0. The lowest BCUT2D eigenvalue weighted by molar-refractivity contribution is 0.734. The van der Waals surface area contributed by atoms with E-state index in [1.165, 1.54) is 62.8 Å². The Morgan fingerprint density at radius 2 is 1.63 bits per heavy atom. The summed E-state index contributed by atoms with van der Waals surface area (Å²) >= 11 is 0. The van der Waals surface area contributed by atoms with Gasteiger partial charge in [0.1, 0.15) is 0 Å². The Morgan fingerprint density at radius 1 is 0.842 bits per heavy atom. The van der Waals surface area contributed by atoms with Gasteiger partial charge in [0.2, 0.25) is 0 Å². The van der Waals surface area contributed by atoms with Crippen LogP contribution in [0.3, 0.4) is 0 Å². The van der Waals surface area contributed by atoms with Crippen LogP contribution in [0.4, 0.5) is 0 Å². The normalized spacial score (nSPS) is 16.8. The Morgan fingerprint density at radius 3 is 2.32 bits per heavy atom. The van der Waals surface area contributed by atoms with Crippen molar-refractivity contribution in [3.63, 3.8) is 0 Å². The minimum absolute atomic E-state index is 1.08. The zero-order chi connectivity index (χ0) is 12.9. The van der Waals surface area contributed by atoms with Gasteiger partial charge in [-0.3, -0.25) is 0 Å². The molecule has 1 heteroatoms. The van der Waals surface area contributed by atoms with E-state index in [1.54, 1.807) is 0 Å². The van der Waals surface area contributed by atoms with Crippen LogP contribution >= 0.6 is 0 Å². The maximum Gasteiger partial charge on any atom is 0.0378 e. The van der Waals surface area contributed by atoms with Crippen molar-refractivity contribution in [3.05, 3.63) is 53.6 Å². The molecule has 1 heterocycles. The third kappa shape index (κ3) is 2.98. The molecule has 0 saturated carbocycles. The third-order valence-corrected chi connectivity index (χ3v) is 5.28. The van der Waals surface area contributed by atoms with E-state index < -0.39 is 0 Å². The summed E-state index contributed by atoms with van der Waals surface area (Å²) in [5.74, 6) is 0. The van der Waals surface area contributed by atoms with E-state index in [0.29, 0.717) is 0 Å². The monoisotopic (exact) mass is 264 g/mol. The highest BCUT2D eigenvalue weighted by molar-refractivity contribution is 6.35. The largest absolute Gasteiger partial charge is 0.0795 e. The molecule has 2 aromatic carbocycles. The van der Waals surface area contributed by atoms with Crippen LogP contribution in [0.1, 0.15) is 30.4 Å². The Hall–Kier alpha value is -1.34. The highest BCUT2D eigenvalue weighted by atomic mass is 28.2. The van der Waals surface area contributed by atoms with E-state index in [4.69, 9.17) is 0 Å². The first-order valence-electron chi connectivity index (χ1n) is 7.33. The van der Waals surface area contributed by atoms with Gasteiger partial charge in [0.25, 0.3) is 0 Å². The zero-order valence-corrected chi connectivity index (χ0v) is 12.4. The van der Waals surface area contributed by atoms with Gasteiger partial charge in [-0.25, -0.2) is 0 Å². The van der Waals surface area contributed by atoms with Crippen LogP contribution in [0.25, 0.3) is 16.8 Å². The highest BCUT2D eigenvalue weighted by Crippen LogP contribution is 2.27. The molecule has 4 rings (SSSR count). The van der Waals surface area contributed by atoms with Crippen molar-refractivity contribution in [2.24, 2.45) is 0 Å². The molecule has 1 aliphatic carbocycles. The van der Waals surface area contributed by atoms with Gasteiger partial charge in [0, 0.05) is 9.52 Å². The topological polar surface area (TPSA) is 0 Å². The van der Waals surface area contributed by atoms with Crippen molar-refractivity contribution >= 4 is 26.4 Å². The minimum Gasteiger partial charge on any atom is -0.0795 e. The quantitative estimate of drug-likeness (QED) is 0.579. The van der Waals surface area contributed by atoms with E-state index in [9.17, 15) is 0 Å². The van der Waals surface area contributed by atoms with Crippen LogP contribution < -0.4 is 0 Å². The van der Waals surface area contributed by atoms with Crippen molar-refractivity contribution < 1.29 is 0 Å². The molecule has 1 saturated heterocycles. The van der Waals surface area contributed by atoms with Gasteiger partial charge in [-0.1, -0.05) is 79.9 Å². The van der Waals surface area contributed by atoms with Crippen molar-refractivity contribution in [1.29, 1.82) is 0 Å². The lowest BCUT2D eigenvalue weighted by atomic mass is 9.93. The lowest BCUT2D eigenvalue weighted by Gasteiger charge is -2.11. The molecule has 0 N–H and O–H groups in total. The van der Waals surface area contributed by atoms with Gasteiger partial charge in [-0.2, -0.15) is 0 Å². The lowest BCUT2D eigenvalue weighted by Crippen LogP contribution is -1.94. The fraction of sp³-hybridized carbons (Fsp3) is 0.333. The minimum atomic E-state index is 1.08. The molecule has 1 fully saturated rings. The predicted molar refractivity (Wildman–Crippen MR) is 85.9 cm³/mol. The Labute approximate surface area is 118 Å². The predicted octanol–water partition coefficient (Wildman–Crippen LogP) is 5.12. The van der Waals surface area contributed by atoms with Gasteiger partial charge in [-0.05, 0) is 28.3 Å². The fourth-order valence-electron chi connectivity index (χ4n) is 2.87. The van der Waals surface area contributed by atoms with Crippen LogP contribution in [0.15, 0.2) is 42.5 Å². The summed E-state index contributed by atoms with van der Waals surface area (Å²) in [6.45, 7) is 0. The summed E-state index contributed by atoms with van der Waals surface area (Å²) in [4.78, 5) is 0. The SMILES string of the molecule is C1=Cc2cccc3cccc(c23)C1.C1CC[Si]CC1. The second-order valence-electron chi connectivity index (χ2n) is 5.28. The molecule has 0 spiro atoms. The highest BCUT2D eigenvalue weighted by Gasteiger charge is 2.06. The molecule has 19 heavy (non-hydrogen) atoms. The first kappa shape index (κ1) is 12.7. The van der Waals surface area contributed by atoms with Crippen molar-refractivity contribution in [2.75, 3.05) is 0 Å². The van der Waals surface area contributed by atoms with Crippen molar-refractivity contribution in [3.8, 4) is 0 Å². The molecule has 0 amide bonds. The van der Waals surface area contributed by atoms with Crippen molar-refractivity contribution in [2.45, 2.75) is 37.8 Å². The summed E-state index contributed by atoms with van der Waals surface area (Å²) in [7, 11) is 1.30. The summed E-state index contributed by atoms with van der Waals surface area (Å²) in [6.07, 6.45) is 10.1. The number of rotatable bonds is 0. The maximum absolute atomic E-state index is 2.23. The van der Waals surface area contributed by atoms with E-state index >= 15 is 0 Å². The second-order valence-corrected chi connectivity index (χ2v) is 6.78. The molecule has 0 unspecified atom stereocenters. The first-order valence-corrected chi connectivity index (χ1v) is 8.74. The second kappa shape index (κ2) is 6.20. The first-order chi connectivity index (χ1) is 9.45. The Balaban J connectivity index is 0.000000155. The third-order valence-electron chi connectivity index (χ3n) is 3.87. The van der Waals surface area contributed by atoms with E-state index in [0.717, 1.165) is 6.42 Å². The average Bonchev–Trinajstić information content (AvgIpc) is 2.51. The average molecular weight is 264 g/mol. The van der Waals surface area contributed by atoms with Gasteiger partial charge in [0.05, 0.1) is 0 Å². The Kier molecular flexibility index (Phi) is 4.14. The van der Waals surface area contributed by atoms with E-state index in [2.05, 4.69) is 48.6 Å². The molecule has 0 nitrogen and oxygen atoms in total. The molecule has 2 aliphatic rings. The fourth-order valence-corrected chi connectivity index (χ4v) is 4.12. The van der Waals surface area contributed by atoms with Crippen LogP contribution in [-0.4, -0.2) is 9.52 Å². The van der Waals surface area contributed by atoms with Gasteiger partial charge in [-0.15, -0.1) is 0 Å². The number of hydrogen-bond donors (Lipinski definition) is 0. The summed E-state index contributed by atoms with van der Waals surface area (Å²) in [6, 6.07) is 16.1. The Bertz CT molecular complexity index is 563. The summed E-state index contributed by atoms with van der Waals surface area (Å²) in [5, 5.41) is 2.80. The van der Waals surface area contributed by atoms with Gasteiger partial charge >= 0.3 is 0 Å². The molecule has 96 valence electrons. The van der Waals surface area contributed by atoms with Gasteiger partial charge < -0.3 is 0 Å². The van der Waals surface area contributed by atoms with Crippen LogP contribution in [-0.2, 0) is 6.42 Å². The molecule has 2 aromatic rings. The van der Waals surface area contributed by atoms with Crippen LogP contribution in [0, 0.1) is 0 Å². The zero-order valence-electron chi connectivity index (χ0n) is 11.4. The number of allylic oxidation sites excluding steroid dienone is 1. The molecule has 0 bridgehead atoms. The van der Waals surface area contributed by atoms with Crippen LogP contribution in [0.2, 0.25) is 12.1 Å². The molecule has 0 aromatic heterocycles. The smallest absolute Gasteiger partial charge is 0.0378 e. The van der Waals surface area contributed by atoms with Gasteiger partial charge in [0.15, 0.2) is 0 Å².